The molecule has 10 heteroatoms. The molecule has 33 heavy (non-hydrogen) atoms. The van der Waals surface area contributed by atoms with E-state index in [9.17, 15) is 10.1 Å². The van der Waals surface area contributed by atoms with Gasteiger partial charge in [-0.25, -0.2) is 0 Å². The summed E-state index contributed by atoms with van der Waals surface area (Å²) in [6.07, 6.45) is 0. The molecular formula is C23H22N6O2S2. The van der Waals surface area contributed by atoms with Crippen LogP contribution in [0.15, 0.2) is 64.3 Å². The van der Waals surface area contributed by atoms with Gasteiger partial charge in [-0.3, -0.25) is 4.79 Å². The van der Waals surface area contributed by atoms with Crippen molar-refractivity contribution in [2.24, 2.45) is 0 Å². The second-order valence-electron chi connectivity index (χ2n) is 7.06. The Balaban J connectivity index is 1.45. The van der Waals surface area contributed by atoms with Crippen molar-refractivity contribution in [2.45, 2.75) is 11.3 Å². The third-order valence-corrected chi connectivity index (χ3v) is 6.99. The maximum atomic E-state index is 13.0. The lowest BCUT2D eigenvalue weighted by molar-refractivity contribution is -0.112. The molecule has 2 aromatic carbocycles. The van der Waals surface area contributed by atoms with Crippen molar-refractivity contribution in [3.8, 4) is 11.8 Å². The number of fused-ring (bicyclic) bond motifs is 1. The zero-order chi connectivity index (χ0) is 23.4. The van der Waals surface area contributed by atoms with E-state index in [1.54, 1.807) is 0 Å². The number of aromatic nitrogens is 2. The number of benzene rings is 2. The number of ketones is 1. The molecule has 1 aliphatic heterocycles. The highest BCUT2D eigenvalue weighted by atomic mass is 32.2. The summed E-state index contributed by atoms with van der Waals surface area (Å²) in [5.74, 6) is 1.15. The monoisotopic (exact) mass is 478 g/mol. The average molecular weight is 479 g/mol. The number of carbonyl (C=O) groups excluding carboxylic acids is 1. The zero-order valence-electron chi connectivity index (χ0n) is 18.4. The number of hydrogen-bond acceptors (Lipinski definition) is 10. The van der Waals surface area contributed by atoms with Gasteiger partial charge in [0.25, 0.3) is 0 Å². The summed E-state index contributed by atoms with van der Waals surface area (Å²) in [5, 5.41) is 21.9. The number of allylic oxidation sites excluding steroid dienone is 1. The fourth-order valence-corrected chi connectivity index (χ4v) is 5.18. The molecule has 0 saturated carbocycles. The molecule has 1 aliphatic rings. The molecule has 0 unspecified atom stereocenters. The number of thioether (sulfide) groups is 1. The van der Waals surface area contributed by atoms with Gasteiger partial charge in [-0.2, -0.15) is 5.26 Å². The number of nitrogens with zero attached hydrogens (tertiary/aromatic N) is 5. The van der Waals surface area contributed by atoms with Crippen LogP contribution in [0.25, 0.3) is 0 Å². The molecule has 168 valence electrons. The maximum Gasteiger partial charge on any atom is 0.210 e. The number of nitrogens with one attached hydrogen (secondary N) is 1. The Kier molecular flexibility index (Phi) is 6.82. The van der Waals surface area contributed by atoms with Gasteiger partial charge in [-0.05, 0) is 31.2 Å². The number of rotatable bonds is 8. The summed E-state index contributed by atoms with van der Waals surface area (Å²) in [6, 6.07) is 17.5. The molecule has 0 bridgehead atoms. The average Bonchev–Trinajstić information content (AvgIpc) is 3.38. The molecule has 0 fully saturated rings. The van der Waals surface area contributed by atoms with E-state index in [0.717, 1.165) is 22.8 Å². The second-order valence-corrected chi connectivity index (χ2v) is 9.26. The molecule has 4 rings (SSSR count). The van der Waals surface area contributed by atoms with Gasteiger partial charge in [0.15, 0.2) is 10.1 Å². The lowest BCUT2D eigenvalue weighted by atomic mass is 10.2. The quantitative estimate of drug-likeness (QED) is 0.282. The first-order valence-electron chi connectivity index (χ1n) is 10.2. The van der Waals surface area contributed by atoms with Crippen LogP contribution in [0.2, 0.25) is 0 Å². The summed E-state index contributed by atoms with van der Waals surface area (Å²) in [4.78, 5) is 16.7. The molecule has 0 amide bonds. The van der Waals surface area contributed by atoms with E-state index in [1.807, 2.05) is 79.3 Å². The number of Topliss-reactive ketones (excluding diaryl/α,β-unsaturated/α-hetero) is 1. The second kappa shape index (κ2) is 9.94. The number of carbonyl (C=O) groups is 1. The fourth-order valence-electron chi connectivity index (χ4n) is 3.54. The van der Waals surface area contributed by atoms with Gasteiger partial charge in [0.1, 0.15) is 23.2 Å². The maximum absolute atomic E-state index is 13.0. The smallest absolute Gasteiger partial charge is 0.210 e. The highest BCUT2D eigenvalue weighted by molar-refractivity contribution is 8.01. The normalized spacial score (nSPS) is 12.4. The molecule has 0 spiro atoms. The van der Waals surface area contributed by atoms with E-state index in [4.69, 9.17) is 4.74 Å². The minimum absolute atomic E-state index is 0.0918. The van der Waals surface area contributed by atoms with Crippen molar-refractivity contribution in [2.75, 3.05) is 41.6 Å². The molecule has 0 aliphatic carbocycles. The van der Waals surface area contributed by atoms with E-state index < -0.39 is 0 Å². The van der Waals surface area contributed by atoms with Crippen molar-refractivity contribution >= 4 is 51.1 Å². The van der Waals surface area contributed by atoms with Gasteiger partial charge in [0, 0.05) is 14.1 Å². The third kappa shape index (κ3) is 4.65. The van der Waals surface area contributed by atoms with Crippen LogP contribution in [-0.4, -0.2) is 42.4 Å². The Hall–Kier alpha value is -3.55. The van der Waals surface area contributed by atoms with Crippen molar-refractivity contribution in [3.63, 3.8) is 0 Å². The Morgan fingerprint density at radius 1 is 1.12 bits per heavy atom. The molecule has 2 heterocycles. The van der Waals surface area contributed by atoms with Crippen LogP contribution < -0.4 is 19.9 Å². The SMILES string of the molecule is CCOc1ccccc1Nc1nnc(SCC(=O)C(C#N)=C2N(C)c3ccccc3N2C)s1. The van der Waals surface area contributed by atoms with Crippen LogP contribution in [0.4, 0.5) is 22.2 Å². The Morgan fingerprint density at radius 2 is 1.79 bits per heavy atom. The standard InChI is InChI=1S/C23H22N6O2S2/c1-4-31-20-12-8-5-9-16(20)25-22-26-27-23(33-22)32-14-19(30)15(13-24)21-28(2)17-10-6-7-11-18(17)29(21)3/h5-12H,4,14H2,1-3H3,(H,25,26). The van der Waals surface area contributed by atoms with E-state index in [1.165, 1.54) is 23.1 Å². The predicted molar refractivity (Wildman–Crippen MR) is 132 cm³/mol. The molecule has 0 radical (unpaired) electrons. The highest BCUT2D eigenvalue weighted by Crippen LogP contribution is 2.40. The van der Waals surface area contributed by atoms with Crippen LogP contribution in [0, 0.1) is 11.3 Å². The molecule has 0 atom stereocenters. The summed E-state index contributed by atoms with van der Waals surface area (Å²) >= 11 is 2.61. The molecule has 1 N–H and O–H groups in total. The first-order valence-corrected chi connectivity index (χ1v) is 12.0. The van der Waals surface area contributed by atoms with E-state index in [2.05, 4.69) is 21.6 Å². The van der Waals surface area contributed by atoms with E-state index >= 15 is 0 Å². The van der Waals surface area contributed by atoms with Crippen molar-refractivity contribution in [3.05, 3.63) is 59.9 Å². The van der Waals surface area contributed by atoms with Gasteiger partial charge in [0.2, 0.25) is 5.13 Å². The van der Waals surface area contributed by atoms with E-state index in [-0.39, 0.29) is 17.1 Å². The lowest BCUT2D eigenvalue weighted by Crippen LogP contribution is -2.26. The molecule has 0 saturated heterocycles. The molecule has 8 nitrogen and oxygen atoms in total. The van der Waals surface area contributed by atoms with Crippen LogP contribution in [0.3, 0.4) is 0 Å². The van der Waals surface area contributed by atoms with Crippen LogP contribution in [0.5, 0.6) is 5.75 Å². The largest absolute Gasteiger partial charge is 0.492 e. The van der Waals surface area contributed by atoms with Crippen LogP contribution in [-0.2, 0) is 4.79 Å². The highest BCUT2D eigenvalue weighted by Gasteiger charge is 2.31. The zero-order valence-corrected chi connectivity index (χ0v) is 20.0. The molecule has 3 aromatic rings. The van der Waals surface area contributed by atoms with Crippen LogP contribution >= 0.6 is 23.1 Å². The van der Waals surface area contributed by atoms with Gasteiger partial charge >= 0.3 is 0 Å². The fraction of sp³-hybridized carbons (Fsp3) is 0.217. The van der Waals surface area contributed by atoms with Crippen molar-refractivity contribution < 1.29 is 9.53 Å². The van der Waals surface area contributed by atoms with Crippen molar-refractivity contribution in [1.82, 2.24) is 10.2 Å². The summed E-state index contributed by atoms with van der Waals surface area (Å²) in [7, 11) is 3.72. The number of ether oxygens (including phenoxy) is 1. The summed E-state index contributed by atoms with van der Waals surface area (Å²) in [6.45, 7) is 2.49. The predicted octanol–water partition coefficient (Wildman–Crippen LogP) is 4.66. The Morgan fingerprint density at radius 3 is 2.45 bits per heavy atom. The minimum Gasteiger partial charge on any atom is -0.492 e. The summed E-state index contributed by atoms with van der Waals surface area (Å²) < 4.78 is 6.26. The topological polar surface area (TPSA) is 94.4 Å². The Bertz CT molecular complexity index is 1220. The first kappa shape index (κ1) is 22.6. The van der Waals surface area contributed by atoms with Gasteiger partial charge in [-0.15, -0.1) is 10.2 Å². The summed E-state index contributed by atoms with van der Waals surface area (Å²) in [5.41, 5.74) is 2.83. The number of hydrogen-bond donors (Lipinski definition) is 1. The molecular weight excluding hydrogens is 456 g/mol. The minimum atomic E-state index is -0.254. The van der Waals surface area contributed by atoms with Gasteiger partial charge < -0.3 is 19.9 Å². The number of anilines is 4. The lowest BCUT2D eigenvalue weighted by Gasteiger charge is -2.19. The van der Waals surface area contributed by atoms with E-state index in [0.29, 0.717) is 21.9 Å². The third-order valence-electron chi connectivity index (χ3n) is 5.02. The van der Waals surface area contributed by atoms with Gasteiger partial charge in [0.05, 0.1) is 29.4 Å². The van der Waals surface area contributed by atoms with Gasteiger partial charge in [-0.1, -0.05) is 47.4 Å². The Labute approximate surface area is 200 Å². The number of para-hydroxylation sites is 4. The molecule has 1 aromatic heterocycles. The number of nitriles is 1. The van der Waals surface area contributed by atoms with Crippen molar-refractivity contribution in [1.29, 1.82) is 5.26 Å². The van der Waals surface area contributed by atoms with Crippen LogP contribution in [0.1, 0.15) is 6.92 Å². The first-order chi connectivity index (χ1) is 16.0.